The van der Waals surface area contributed by atoms with Crippen LogP contribution in [0.1, 0.15) is 10.4 Å². The Morgan fingerprint density at radius 3 is 2.08 bits per heavy atom. The third-order valence-electron chi connectivity index (χ3n) is 1.69. The molecule has 0 amide bonds. The highest BCUT2D eigenvalue weighted by molar-refractivity contribution is 6.67. The molecule has 0 aromatic heterocycles. The molecule has 1 aromatic rings. The maximum Gasteiger partial charge on any atom is 0.252 e. The molecule has 0 aliphatic rings. The SMILES string of the molecule is C[NH+](C)c1ccc(C(=O)Cl)cc1. The van der Waals surface area contributed by atoms with E-state index in [-0.39, 0.29) is 0 Å². The van der Waals surface area contributed by atoms with E-state index in [0.717, 1.165) is 5.69 Å². The Balaban J connectivity index is 2.93. The number of rotatable bonds is 2. The van der Waals surface area contributed by atoms with Crippen molar-refractivity contribution in [2.75, 3.05) is 14.1 Å². The van der Waals surface area contributed by atoms with Crippen molar-refractivity contribution in [3.63, 3.8) is 0 Å². The van der Waals surface area contributed by atoms with Gasteiger partial charge in [0.15, 0.2) is 0 Å². The summed E-state index contributed by atoms with van der Waals surface area (Å²) in [4.78, 5) is 11.9. The fraction of sp³-hybridized carbons (Fsp3) is 0.222. The minimum atomic E-state index is -0.407. The normalized spacial score (nSPS) is 10.3. The van der Waals surface area contributed by atoms with Gasteiger partial charge in [-0.05, 0) is 35.9 Å². The molecule has 1 rings (SSSR count). The van der Waals surface area contributed by atoms with Crippen LogP contribution in [0, 0.1) is 0 Å². The molecule has 0 aliphatic carbocycles. The molecule has 1 aromatic carbocycles. The van der Waals surface area contributed by atoms with E-state index < -0.39 is 5.24 Å². The van der Waals surface area contributed by atoms with Gasteiger partial charge < -0.3 is 4.90 Å². The Labute approximate surface area is 76.8 Å². The number of halogens is 1. The molecule has 0 aliphatic heterocycles. The molecule has 0 saturated heterocycles. The van der Waals surface area contributed by atoms with E-state index >= 15 is 0 Å². The average Bonchev–Trinajstić information content (AvgIpc) is 2.04. The number of carbonyl (C=O) groups is 1. The van der Waals surface area contributed by atoms with E-state index in [1.807, 2.05) is 26.2 Å². The van der Waals surface area contributed by atoms with Gasteiger partial charge in [0.25, 0.3) is 5.24 Å². The largest absolute Gasteiger partial charge is 0.307 e. The van der Waals surface area contributed by atoms with Crippen LogP contribution in [-0.4, -0.2) is 19.3 Å². The Morgan fingerprint density at radius 2 is 1.75 bits per heavy atom. The zero-order chi connectivity index (χ0) is 9.14. The van der Waals surface area contributed by atoms with Crippen molar-refractivity contribution in [1.82, 2.24) is 0 Å². The summed E-state index contributed by atoms with van der Waals surface area (Å²) in [5.41, 5.74) is 1.68. The Hall–Kier alpha value is -0.860. The van der Waals surface area contributed by atoms with Gasteiger partial charge in [0.1, 0.15) is 5.69 Å². The highest BCUT2D eigenvalue weighted by atomic mass is 35.5. The molecule has 0 spiro atoms. The van der Waals surface area contributed by atoms with Crippen LogP contribution in [0.15, 0.2) is 24.3 Å². The van der Waals surface area contributed by atoms with E-state index in [2.05, 4.69) is 0 Å². The summed E-state index contributed by atoms with van der Waals surface area (Å²) in [7, 11) is 4.05. The summed E-state index contributed by atoms with van der Waals surface area (Å²) in [6.07, 6.45) is 0. The van der Waals surface area contributed by atoms with E-state index in [0.29, 0.717) is 5.56 Å². The standard InChI is InChI=1S/C9H10ClNO/c1-11(2)8-5-3-7(4-6-8)9(10)12/h3-6H,1-2H3/p+1. The molecule has 0 radical (unpaired) electrons. The van der Waals surface area contributed by atoms with Crippen molar-refractivity contribution in [2.24, 2.45) is 0 Å². The third-order valence-corrected chi connectivity index (χ3v) is 1.91. The Kier molecular flexibility index (Phi) is 2.84. The van der Waals surface area contributed by atoms with Crippen LogP contribution in [0.5, 0.6) is 0 Å². The first kappa shape index (κ1) is 9.23. The molecule has 2 nitrogen and oxygen atoms in total. The maximum absolute atomic E-state index is 10.7. The summed E-state index contributed by atoms with van der Waals surface area (Å²) in [6, 6.07) is 7.26. The molecule has 0 heterocycles. The van der Waals surface area contributed by atoms with Crippen LogP contribution in [0.4, 0.5) is 5.69 Å². The summed E-state index contributed by atoms with van der Waals surface area (Å²) in [6.45, 7) is 0. The Morgan fingerprint density at radius 1 is 1.25 bits per heavy atom. The summed E-state index contributed by atoms with van der Waals surface area (Å²) in [5.74, 6) is 0. The van der Waals surface area contributed by atoms with E-state index in [9.17, 15) is 4.79 Å². The van der Waals surface area contributed by atoms with Crippen molar-refractivity contribution >= 4 is 22.5 Å². The fourth-order valence-electron chi connectivity index (χ4n) is 0.935. The molecule has 12 heavy (non-hydrogen) atoms. The lowest BCUT2D eigenvalue weighted by atomic mass is 10.2. The summed E-state index contributed by atoms with van der Waals surface area (Å²) >= 11 is 5.29. The first-order valence-corrected chi connectivity index (χ1v) is 4.09. The van der Waals surface area contributed by atoms with Gasteiger partial charge in [-0.3, -0.25) is 4.79 Å². The Bertz CT molecular complexity index is 279. The van der Waals surface area contributed by atoms with Gasteiger partial charge in [-0.15, -0.1) is 0 Å². The van der Waals surface area contributed by atoms with Gasteiger partial charge in [-0.25, -0.2) is 0 Å². The lowest BCUT2D eigenvalue weighted by molar-refractivity contribution is -0.786. The maximum atomic E-state index is 10.7. The van der Waals surface area contributed by atoms with Crippen LogP contribution in [0.3, 0.4) is 0 Å². The molecule has 0 saturated carbocycles. The van der Waals surface area contributed by atoms with E-state index in [4.69, 9.17) is 11.6 Å². The minimum Gasteiger partial charge on any atom is -0.307 e. The monoisotopic (exact) mass is 184 g/mol. The van der Waals surface area contributed by atoms with Crippen LogP contribution < -0.4 is 4.90 Å². The smallest absolute Gasteiger partial charge is 0.252 e. The number of quaternary nitrogens is 1. The van der Waals surface area contributed by atoms with Crippen molar-refractivity contribution in [2.45, 2.75) is 0 Å². The molecule has 0 fully saturated rings. The lowest BCUT2D eigenvalue weighted by Crippen LogP contribution is -3.00. The highest BCUT2D eigenvalue weighted by Crippen LogP contribution is 2.07. The number of nitrogens with one attached hydrogen (secondary N) is 1. The molecule has 0 atom stereocenters. The van der Waals surface area contributed by atoms with Crippen molar-refractivity contribution < 1.29 is 9.69 Å². The zero-order valence-corrected chi connectivity index (χ0v) is 7.85. The van der Waals surface area contributed by atoms with Crippen molar-refractivity contribution in [3.8, 4) is 0 Å². The van der Waals surface area contributed by atoms with Gasteiger partial charge in [0.05, 0.1) is 14.1 Å². The predicted octanol–water partition coefficient (Wildman–Crippen LogP) is 0.842. The second kappa shape index (κ2) is 3.70. The fourth-order valence-corrected chi connectivity index (χ4v) is 1.06. The van der Waals surface area contributed by atoms with Gasteiger partial charge in [0.2, 0.25) is 0 Å². The van der Waals surface area contributed by atoms with Gasteiger partial charge in [-0.2, -0.15) is 0 Å². The third kappa shape index (κ3) is 2.06. The summed E-state index contributed by atoms with van der Waals surface area (Å²) < 4.78 is 0. The first-order chi connectivity index (χ1) is 5.61. The average molecular weight is 185 g/mol. The second-order valence-electron chi connectivity index (χ2n) is 2.85. The van der Waals surface area contributed by atoms with E-state index in [1.165, 1.54) is 4.90 Å². The van der Waals surface area contributed by atoms with Crippen molar-refractivity contribution in [1.29, 1.82) is 0 Å². The number of hydrogen-bond donors (Lipinski definition) is 1. The highest BCUT2D eigenvalue weighted by Gasteiger charge is 2.03. The molecule has 3 heteroatoms. The van der Waals surface area contributed by atoms with E-state index in [1.54, 1.807) is 12.1 Å². The topological polar surface area (TPSA) is 21.5 Å². The molecule has 0 unspecified atom stereocenters. The van der Waals surface area contributed by atoms with Crippen LogP contribution >= 0.6 is 11.6 Å². The van der Waals surface area contributed by atoms with Crippen LogP contribution in [0.2, 0.25) is 0 Å². The van der Waals surface area contributed by atoms with Gasteiger partial charge in [-0.1, -0.05) is 0 Å². The molecule has 64 valence electrons. The summed E-state index contributed by atoms with van der Waals surface area (Å²) in [5, 5.41) is -0.407. The lowest BCUT2D eigenvalue weighted by Gasteiger charge is -2.05. The first-order valence-electron chi connectivity index (χ1n) is 3.71. The number of benzene rings is 1. The molecule has 0 bridgehead atoms. The predicted molar refractivity (Wildman–Crippen MR) is 49.1 cm³/mol. The molecule has 1 N–H and O–H groups in total. The van der Waals surface area contributed by atoms with Crippen LogP contribution in [-0.2, 0) is 0 Å². The van der Waals surface area contributed by atoms with Crippen LogP contribution in [0.25, 0.3) is 0 Å². The minimum absolute atomic E-state index is 0.407. The van der Waals surface area contributed by atoms with Crippen molar-refractivity contribution in [3.05, 3.63) is 29.8 Å². The number of carbonyl (C=O) groups excluding carboxylic acids is 1. The van der Waals surface area contributed by atoms with Gasteiger partial charge >= 0.3 is 0 Å². The molecular weight excluding hydrogens is 174 g/mol. The zero-order valence-electron chi connectivity index (χ0n) is 7.10. The number of hydrogen-bond acceptors (Lipinski definition) is 1. The van der Waals surface area contributed by atoms with Gasteiger partial charge in [0, 0.05) is 5.56 Å². The molecular formula is C9H11ClNO+. The second-order valence-corrected chi connectivity index (χ2v) is 3.19. The quantitative estimate of drug-likeness (QED) is 0.676.